The second-order valence-corrected chi connectivity index (χ2v) is 9.24. The molecule has 0 bridgehead atoms. The molecule has 0 unspecified atom stereocenters. The summed E-state index contributed by atoms with van der Waals surface area (Å²) in [6.45, 7) is 0. The Kier molecular flexibility index (Phi) is 4.83. The summed E-state index contributed by atoms with van der Waals surface area (Å²) in [5.74, 6) is 0.675. The fourth-order valence-electron chi connectivity index (χ4n) is 4.79. The lowest BCUT2D eigenvalue weighted by Gasteiger charge is -2.09. The van der Waals surface area contributed by atoms with Crippen LogP contribution in [0.25, 0.3) is 66.6 Å². The Morgan fingerprint density at radius 2 is 1.25 bits per heavy atom. The molecule has 0 atom stereocenters. The highest BCUT2D eigenvalue weighted by Gasteiger charge is 2.14. The van der Waals surface area contributed by atoms with Crippen molar-refractivity contribution in [1.29, 1.82) is 0 Å². The molecular weight excluding hydrogens is 464 g/mol. The lowest BCUT2D eigenvalue weighted by molar-refractivity contribution is 0.669. The normalized spacial score (nSPS) is 11.5. The van der Waals surface area contributed by atoms with E-state index >= 15 is 0 Å². The van der Waals surface area contributed by atoms with Gasteiger partial charge in [0.25, 0.3) is 0 Å². The molecule has 0 spiro atoms. The minimum Gasteiger partial charge on any atom is -0.456 e. The van der Waals surface area contributed by atoms with E-state index in [2.05, 4.69) is 48.5 Å². The summed E-state index contributed by atoms with van der Waals surface area (Å²) in [4.78, 5) is 9.83. The number of fused-ring (bicyclic) bond motifs is 5. The fraction of sp³-hybridized carbons (Fsp3) is 0. The van der Waals surface area contributed by atoms with Crippen molar-refractivity contribution in [2.45, 2.75) is 0 Å². The van der Waals surface area contributed by atoms with Crippen LogP contribution in [0.2, 0.25) is 5.02 Å². The molecule has 0 aliphatic heterocycles. The first-order chi connectivity index (χ1) is 17.7. The van der Waals surface area contributed by atoms with E-state index in [-0.39, 0.29) is 0 Å². The standard InChI is InChI=1S/C32H19ClN2O/c33-24-14-10-21(11-15-24)27-19-28(35-32(34-27)22-7-2-1-3-8-22)23-12-16-26-30(18-23)36-29-17-13-20-6-4-5-9-25(20)31(26)29/h1-19H. The van der Waals surface area contributed by atoms with Gasteiger partial charge in [0.15, 0.2) is 5.82 Å². The zero-order chi connectivity index (χ0) is 24.1. The Balaban J connectivity index is 1.43. The Morgan fingerprint density at radius 1 is 0.528 bits per heavy atom. The number of furan rings is 1. The molecule has 0 saturated heterocycles. The van der Waals surface area contributed by atoms with Gasteiger partial charge in [0.1, 0.15) is 11.2 Å². The predicted octanol–water partition coefficient (Wildman–Crippen LogP) is 9.18. The molecule has 7 aromatic rings. The van der Waals surface area contributed by atoms with E-state index in [1.54, 1.807) is 0 Å². The van der Waals surface area contributed by atoms with E-state index in [1.807, 2.05) is 66.7 Å². The van der Waals surface area contributed by atoms with E-state index in [1.165, 1.54) is 10.8 Å². The molecule has 0 radical (unpaired) electrons. The summed E-state index contributed by atoms with van der Waals surface area (Å²) < 4.78 is 6.31. The average Bonchev–Trinajstić information content (AvgIpc) is 3.32. The van der Waals surface area contributed by atoms with Crippen LogP contribution < -0.4 is 0 Å². The zero-order valence-electron chi connectivity index (χ0n) is 19.2. The van der Waals surface area contributed by atoms with Crippen molar-refractivity contribution >= 4 is 44.3 Å². The van der Waals surface area contributed by atoms with Crippen molar-refractivity contribution in [2.24, 2.45) is 0 Å². The van der Waals surface area contributed by atoms with E-state index in [9.17, 15) is 0 Å². The first-order valence-corrected chi connectivity index (χ1v) is 12.2. The molecule has 0 amide bonds. The SMILES string of the molecule is Clc1ccc(-c2cc(-c3ccc4c(c3)oc3ccc5ccccc5c34)nc(-c3ccccc3)n2)cc1. The topological polar surface area (TPSA) is 38.9 Å². The summed E-state index contributed by atoms with van der Waals surface area (Å²) in [6, 6.07) is 38.7. The van der Waals surface area contributed by atoms with Crippen molar-refractivity contribution in [3.63, 3.8) is 0 Å². The third-order valence-corrected chi connectivity index (χ3v) is 6.81. The Bertz CT molecular complexity index is 1890. The molecule has 4 heteroatoms. The highest BCUT2D eigenvalue weighted by Crippen LogP contribution is 2.37. The number of hydrogen-bond acceptors (Lipinski definition) is 3. The number of halogens is 1. The minimum absolute atomic E-state index is 0.675. The van der Waals surface area contributed by atoms with Gasteiger partial charge in [0.05, 0.1) is 11.4 Å². The van der Waals surface area contributed by atoms with Gasteiger partial charge >= 0.3 is 0 Å². The number of aromatic nitrogens is 2. The van der Waals surface area contributed by atoms with Crippen LogP contribution in [-0.2, 0) is 0 Å². The second kappa shape index (κ2) is 8.33. The Labute approximate surface area is 212 Å². The van der Waals surface area contributed by atoms with Crippen molar-refractivity contribution in [2.75, 3.05) is 0 Å². The maximum Gasteiger partial charge on any atom is 0.160 e. The maximum atomic E-state index is 6.31. The average molecular weight is 483 g/mol. The molecule has 5 aromatic carbocycles. The lowest BCUT2D eigenvalue weighted by Crippen LogP contribution is -1.95. The summed E-state index contributed by atoms with van der Waals surface area (Å²) in [7, 11) is 0. The van der Waals surface area contributed by atoms with Crippen molar-refractivity contribution in [1.82, 2.24) is 9.97 Å². The number of benzene rings is 5. The van der Waals surface area contributed by atoms with Crippen molar-refractivity contribution < 1.29 is 4.42 Å². The molecule has 3 nitrogen and oxygen atoms in total. The van der Waals surface area contributed by atoms with E-state index in [4.69, 9.17) is 26.0 Å². The van der Waals surface area contributed by atoms with E-state index in [0.717, 1.165) is 50.0 Å². The van der Waals surface area contributed by atoms with Crippen molar-refractivity contribution in [3.05, 3.63) is 120 Å². The monoisotopic (exact) mass is 482 g/mol. The van der Waals surface area contributed by atoms with Gasteiger partial charge in [-0.25, -0.2) is 9.97 Å². The van der Waals surface area contributed by atoms with Gasteiger partial charge < -0.3 is 4.42 Å². The van der Waals surface area contributed by atoms with Crippen LogP contribution in [0.1, 0.15) is 0 Å². The summed E-state index contributed by atoms with van der Waals surface area (Å²) in [5, 5.41) is 5.33. The van der Waals surface area contributed by atoms with Crippen LogP contribution in [0.3, 0.4) is 0 Å². The van der Waals surface area contributed by atoms with Gasteiger partial charge in [-0.05, 0) is 47.2 Å². The highest BCUT2D eigenvalue weighted by atomic mass is 35.5. The number of nitrogens with zero attached hydrogens (tertiary/aromatic N) is 2. The third kappa shape index (κ3) is 3.53. The molecule has 0 saturated carbocycles. The predicted molar refractivity (Wildman–Crippen MR) is 148 cm³/mol. The van der Waals surface area contributed by atoms with Crippen LogP contribution in [0, 0.1) is 0 Å². The van der Waals surface area contributed by atoms with Crippen LogP contribution >= 0.6 is 11.6 Å². The van der Waals surface area contributed by atoms with Crippen LogP contribution in [0.5, 0.6) is 0 Å². The molecule has 7 rings (SSSR count). The number of rotatable bonds is 3. The van der Waals surface area contributed by atoms with Gasteiger partial charge in [-0.2, -0.15) is 0 Å². The fourth-order valence-corrected chi connectivity index (χ4v) is 4.91. The zero-order valence-corrected chi connectivity index (χ0v) is 19.9. The summed E-state index contributed by atoms with van der Waals surface area (Å²) >= 11 is 6.14. The first kappa shape index (κ1) is 20.9. The highest BCUT2D eigenvalue weighted by molar-refractivity contribution is 6.30. The van der Waals surface area contributed by atoms with Gasteiger partial charge in [-0.1, -0.05) is 90.5 Å². The summed E-state index contributed by atoms with van der Waals surface area (Å²) in [6.07, 6.45) is 0. The first-order valence-electron chi connectivity index (χ1n) is 11.8. The quantitative estimate of drug-likeness (QED) is 0.252. The van der Waals surface area contributed by atoms with E-state index in [0.29, 0.717) is 10.8 Å². The number of hydrogen-bond donors (Lipinski definition) is 0. The smallest absolute Gasteiger partial charge is 0.160 e. The van der Waals surface area contributed by atoms with Gasteiger partial charge in [0, 0.05) is 32.5 Å². The molecular formula is C32H19ClN2O. The third-order valence-electron chi connectivity index (χ3n) is 6.56. The molecule has 36 heavy (non-hydrogen) atoms. The molecule has 0 N–H and O–H groups in total. The van der Waals surface area contributed by atoms with Crippen LogP contribution in [0.4, 0.5) is 0 Å². The largest absolute Gasteiger partial charge is 0.456 e. The van der Waals surface area contributed by atoms with E-state index < -0.39 is 0 Å². The Morgan fingerprint density at radius 3 is 2.08 bits per heavy atom. The molecule has 0 fully saturated rings. The molecule has 0 aliphatic carbocycles. The molecule has 0 aliphatic rings. The molecule has 170 valence electrons. The second-order valence-electron chi connectivity index (χ2n) is 8.81. The minimum atomic E-state index is 0.675. The van der Waals surface area contributed by atoms with Crippen LogP contribution in [-0.4, -0.2) is 9.97 Å². The van der Waals surface area contributed by atoms with Crippen molar-refractivity contribution in [3.8, 4) is 33.9 Å². The molecule has 2 heterocycles. The van der Waals surface area contributed by atoms with Gasteiger partial charge in [0.2, 0.25) is 0 Å². The molecule has 2 aromatic heterocycles. The maximum absolute atomic E-state index is 6.31. The van der Waals surface area contributed by atoms with Gasteiger partial charge in [-0.3, -0.25) is 0 Å². The van der Waals surface area contributed by atoms with Crippen LogP contribution in [0.15, 0.2) is 120 Å². The summed E-state index contributed by atoms with van der Waals surface area (Å²) in [5.41, 5.74) is 6.32. The Hall–Kier alpha value is -4.47. The lowest BCUT2D eigenvalue weighted by atomic mass is 10.0. The van der Waals surface area contributed by atoms with Gasteiger partial charge in [-0.15, -0.1) is 0 Å².